The van der Waals surface area contributed by atoms with Gasteiger partial charge in [-0.25, -0.2) is 0 Å². The smallest absolute Gasteiger partial charge is 0.156 e. The Morgan fingerprint density at radius 1 is 1.03 bits per heavy atom. The number of hydrogen-bond acceptors (Lipinski definition) is 2. The molecule has 0 saturated heterocycles. The molecule has 2 fully saturated rings. The van der Waals surface area contributed by atoms with E-state index in [2.05, 4.69) is 34.6 Å². The second-order valence-corrected chi connectivity index (χ2v) is 11.8. The summed E-state index contributed by atoms with van der Waals surface area (Å²) in [5, 5.41) is 11.1. The maximum Gasteiger partial charge on any atom is 0.156 e. The summed E-state index contributed by atoms with van der Waals surface area (Å²) in [6, 6.07) is 0. The third-order valence-electron chi connectivity index (χ3n) is 9.80. The van der Waals surface area contributed by atoms with Crippen molar-refractivity contribution in [3.8, 4) is 0 Å². The van der Waals surface area contributed by atoms with E-state index in [-0.39, 0.29) is 11.2 Å². The van der Waals surface area contributed by atoms with Gasteiger partial charge in [0.2, 0.25) is 0 Å². The molecule has 0 bridgehead atoms. The SMILES string of the molecule is CC(C)CCC[C@@H](C)[C@H]1CC[C@H]2[C@@H]3C(O)=CC4=CC(=O)CC[C@]4(C)[C@H]3CC[C@]12C. The quantitative estimate of drug-likeness (QED) is 0.529. The van der Waals surface area contributed by atoms with Crippen molar-refractivity contribution < 1.29 is 9.90 Å². The van der Waals surface area contributed by atoms with Crippen LogP contribution in [0.25, 0.3) is 0 Å². The van der Waals surface area contributed by atoms with Crippen LogP contribution in [0.2, 0.25) is 0 Å². The topological polar surface area (TPSA) is 37.3 Å². The molecule has 4 rings (SSSR count). The maximum absolute atomic E-state index is 12.0. The molecule has 4 aliphatic rings. The van der Waals surface area contributed by atoms with Crippen LogP contribution in [0.3, 0.4) is 0 Å². The fraction of sp³-hybridized carbons (Fsp3) is 0.815. The molecule has 0 aromatic rings. The van der Waals surface area contributed by atoms with Gasteiger partial charge in [0.05, 0.1) is 5.76 Å². The van der Waals surface area contributed by atoms with Crippen LogP contribution in [-0.2, 0) is 4.79 Å². The first-order valence-electron chi connectivity index (χ1n) is 12.3. The van der Waals surface area contributed by atoms with Gasteiger partial charge in [-0.1, -0.05) is 53.9 Å². The summed E-state index contributed by atoms with van der Waals surface area (Å²) < 4.78 is 0. The van der Waals surface area contributed by atoms with Crippen molar-refractivity contribution in [1.82, 2.24) is 0 Å². The Kier molecular flexibility index (Phi) is 5.53. The molecule has 4 aliphatic carbocycles. The van der Waals surface area contributed by atoms with Gasteiger partial charge in [0, 0.05) is 12.3 Å². The lowest BCUT2D eigenvalue weighted by atomic mass is 9.47. The molecule has 0 aliphatic heterocycles. The predicted molar refractivity (Wildman–Crippen MR) is 120 cm³/mol. The lowest BCUT2D eigenvalue weighted by molar-refractivity contribution is -0.116. The lowest BCUT2D eigenvalue weighted by Gasteiger charge is -2.57. The van der Waals surface area contributed by atoms with Crippen LogP contribution in [0.15, 0.2) is 23.5 Å². The summed E-state index contributed by atoms with van der Waals surface area (Å²) in [5.41, 5.74) is 1.54. The van der Waals surface area contributed by atoms with Gasteiger partial charge >= 0.3 is 0 Å². The van der Waals surface area contributed by atoms with Crippen LogP contribution in [0.5, 0.6) is 0 Å². The van der Waals surface area contributed by atoms with Crippen LogP contribution >= 0.6 is 0 Å². The monoisotopic (exact) mass is 398 g/mol. The number of allylic oxidation sites excluding steroid dienone is 4. The minimum atomic E-state index is 0.0765. The molecule has 0 aromatic heterocycles. The highest BCUT2D eigenvalue weighted by Gasteiger charge is 2.60. The van der Waals surface area contributed by atoms with Crippen LogP contribution in [0, 0.1) is 46.3 Å². The van der Waals surface area contributed by atoms with Crippen LogP contribution in [0.4, 0.5) is 0 Å². The molecule has 162 valence electrons. The molecular weight excluding hydrogens is 356 g/mol. The van der Waals surface area contributed by atoms with Crippen molar-refractivity contribution in [1.29, 1.82) is 0 Å². The van der Waals surface area contributed by atoms with E-state index in [0.717, 1.165) is 29.7 Å². The second kappa shape index (κ2) is 7.57. The molecule has 0 aromatic carbocycles. The summed E-state index contributed by atoms with van der Waals surface area (Å²) in [4.78, 5) is 12.0. The average Bonchev–Trinajstić information content (AvgIpc) is 3.00. The molecule has 0 unspecified atom stereocenters. The van der Waals surface area contributed by atoms with E-state index in [1.54, 1.807) is 0 Å². The third kappa shape index (κ3) is 3.43. The number of carbonyl (C=O) groups excluding carboxylic acids is 1. The fourth-order valence-corrected chi connectivity index (χ4v) is 8.09. The van der Waals surface area contributed by atoms with E-state index in [4.69, 9.17) is 0 Å². The molecule has 1 N–H and O–H groups in total. The maximum atomic E-state index is 12.0. The minimum absolute atomic E-state index is 0.0765. The summed E-state index contributed by atoms with van der Waals surface area (Å²) in [7, 11) is 0. The Morgan fingerprint density at radius 3 is 2.52 bits per heavy atom. The van der Waals surface area contributed by atoms with E-state index in [0.29, 0.717) is 35.3 Å². The molecular formula is C27H42O2. The van der Waals surface area contributed by atoms with Gasteiger partial charge in [0.15, 0.2) is 5.78 Å². The van der Waals surface area contributed by atoms with E-state index < -0.39 is 0 Å². The van der Waals surface area contributed by atoms with E-state index in [9.17, 15) is 9.90 Å². The molecule has 0 amide bonds. The number of hydrogen-bond donors (Lipinski definition) is 1. The Hall–Kier alpha value is -1.05. The van der Waals surface area contributed by atoms with Gasteiger partial charge in [-0.05, 0) is 90.2 Å². The number of fused-ring (bicyclic) bond motifs is 5. The standard InChI is InChI=1S/C27H42O2/c1-17(2)7-6-8-18(3)21-9-10-22-25-23(12-14-27(21,22)5)26(4)13-11-20(28)15-19(26)16-24(25)29/h15-18,21-23,25,29H,6-14H2,1-5H3/t18-,21-,22+,23+,25+,26+,27-/m1/s1. The predicted octanol–water partition coefficient (Wildman–Crippen LogP) is 7.26. The van der Waals surface area contributed by atoms with Crippen LogP contribution in [-0.4, -0.2) is 10.9 Å². The lowest BCUT2D eigenvalue weighted by Crippen LogP contribution is -2.51. The van der Waals surface area contributed by atoms with Gasteiger partial charge in [0.25, 0.3) is 0 Å². The van der Waals surface area contributed by atoms with Crippen molar-refractivity contribution in [3.63, 3.8) is 0 Å². The number of aliphatic hydroxyl groups excluding tert-OH is 1. The zero-order valence-electron chi connectivity index (χ0n) is 19.3. The minimum Gasteiger partial charge on any atom is -0.512 e. The van der Waals surface area contributed by atoms with Crippen molar-refractivity contribution in [3.05, 3.63) is 23.5 Å². The summed E-state index contributed by atoms with van der Waals surface area (Å²) >= 11 is 0. The highest BCUT2D eigenvalue weighted by atomic mass is 16.3. The first kappa shape index (κ1) is 21.2. The number of carbonyl (C=O) groups is 1. The molecule has 7 atom stereocenters. The normalized spacial score (nSPS) is 42.6. The third-order valence-corrected chi connectivity index (χ3v) is 9.80. The summed E-state index contributed by atoms with van der Waals surface area (Å²) in [6.45, 7) is 12.1. The highest BCUT2D eigenvalue weighted by molar-refractivity contribution is 5.92. The van der Waals surface area contributed by atoms with Gasteiger partial charge in [0.1, 0.15) is 0 Å². The van der Waals surface area contributed by atoms with Crippen molar-refractivity contribution in [2.75, 3.05) is 0 Å². The van der Waals surface area contributed by atoms with E-state index in [1.165, 1.54) is 44.9 Å². The van der Waals surface area contributed by atoms with Crippen molar-refractivity contribution >= 4 is 5.78 Å². The van der Waals surface area contributed by atoms with Gasteiger partial charge in [-0.15, -0.1) is 0 Å². The first-order chi connectivity index (χ1) is 13.7. The van der Waals surface area contributed by atoms with E-state index >= 15 is 0 Å². The Morgan fingerprint density at radius 2 is 1.79 bits per heavy atom. The molecule has 2 nitrogen and oxygen atoms in total. The first-order valence-corrected chi connectivity index (χ1v) is 12.3. The van der Waals surface area contributed by atoms with Crippen LogP contribution in [0.1, 0.15) is 92.4 Å². The molecule has 2 heteroatoms. The summed E-state index contributed by atoms with van der Waals surface area (Å²) in [6.07, 6.45) is 14.6. The van der Waals surface area contributed by atoms with Gasteiger partial charge < -0.3 is 5.11 Å². The Balaban J connectivity index is 1.57. The number of aliphatic hydroxyl groups is 1. The zero-order chi connectivity index (χ0) is 21.0. The summed E-state index contributed by atoms with van der Waals surface area (Å²) in [5.74, 6) is 4.61. The second-order valence-electron chi connectivity index (χ2n) is 11.8. The van der Waals surface area contributed by atoms with Crippen molar-refractivity contribution in [2.45, 2.75) is 92.4 Å². The molecule has 2 saturated carbocycles. The average molecular weight is 399 g/mol. The number of rotatable bonds is 5. The van der Waals surface area contributed by atoms with Crippen LogP contribution < -0.4 is 0 Å². The molecule has 0 heterocycles. The molecule has 0 spiro atoms. The van der Waals surface area contributed by atoms with E-state index in [1.807, 2.05) is 12.2 Å². The Bertz CT molecular complexity index is 716. The van der Waals surface area contributed by atoms with Gasteiger partial charge in [-0.2, -0.15) is 0 Å². The fourth-order valence-electron chi connectivity index (χ4n) is 8.09. The number of ketones is 1. The Labute approximate surface area is 178 Å². The highest BCUT2D eigenvalue weighted by Crippen LogP contribution is 2.67. The van der Waals surface area contributed by atoms with Gasteiger partial charge in [-0.3, -0.25) is 4.79 Å². The largest absolute Gasteiger partial charge is 0.512 e. The molecule has 0 radical (unpaired) electrons. The zero-order valence-corrected chi connectivity index (χ0v) is 19.3. The molecule has 29 heavy (non-hydrogen) atoms. The van der Waals surface area contributed by atoms with Crippen molar-refractivity contribution in [2.24, 2.45) is 46.3 Å².